The fourth-order valence-electron chi connectivity index (χ4n) is 3.66. The highest BCUT2D eigenvalue weighted by Crippen LogP contribution is 2.25. The number of nitrogen functional groups attached to an aromatic ring is 1. The van der Waals surface area contributed by atoms with E-state index in [9.17, 15) is 4.79 Å². The lowest BCUT2D eigenvalue weighted by Gasteiger charge is -2.24. The summed E-state index contributed by atoms with van der Waals surface area (Å²) in [6, 6.07) is 1.92. The molecule has 3 N–H and O–H groups in total. The maximum atomic E-state index is 12.7. The van der Waals surface area contributed by atoms with Crippen LogP contribution in [0.5, 0.6) is 0 Å². The maximum Gasteiger partial charge on any atom is 0.254 e. The van der Waals surface area contributed by atoms with Crippen LogP contribution in [0.15, 0.2) is 17.1 Å². The van der Waals surface area contributed by atoms with E-state index in [0.29, 0.717) is 23.3 Å². The highest BCUT2D eigenvalue weighted by molar-refractivity contribution is 5.87. The Labute approximate surface area is 154 Å². The van der Waals surface area contributed by atoms with Gasteiger partial charge < -0.3 is 15.8 Å². The van der Waals surface area contributed by atoms with Crippen molar-refractivity contribution in [2.75, 3.05) is 24.3 Å². The third-order valence-electron chi connectivity index (χ3n) is 4.99. The molecule has 1 aliphatic heterocycles. The molecule has 0 aromatic carbocycles. The molecule has 7 heteroatoms. The van der Waals surface area contributed by atoms with E-state index in [2.05, 4.69) is 24.1 Å². The van der Waals surface area contributed by atoms with Gasteiger partial charge in [0.25, 0.3) is 5.56 Å². The Bertz CT molecular complexity index is 792. The Balaban J connectivity index is 2.04. The molecule has 7 nitrogen and oxygen atoms in total. The average molecular weight is 359 g/mol. The fourth-order valence-corrected chi connectivity index (χ4v) is 3.66. The second-order valence-electron chi connectivity index (χ2n) is 7.00. The number of hydrogen-bond donors (Lipinski definition) is 2. The van der Waals surface area contributed by atoms with Gasteiger partial charge in [-0.2, -0.15) is 4.98 Å². The summed E-state index contributed by atoms with van der Waals surface area (Å²) in [5.74, 6) is 0.551. The van der Waals surface area contributed by atoms with Gasteiger partial charge in [-0.25, -0.2) is 4.98 Å². The van der Waals surface area contributed by atoms with Crippen molar-refractivity contribution in [3.8, 4) is 0 Å². The Kier molecular flexibility index (Phi) is 6.08. The quantitative estimate of drug-likeness (QED) is 0.789. The summed E-state index contributed by atoms with van der Waals surface area (Å²) in [4.78, 5) is 21.9. The molecule has 3 heterocycles. The van der Waals surface area contributed by atoms with E-state index >= 15 is 0 Å². The van der Waals surface area contributed by atoms with Gasteiger partial charge in [0.1, 0.15) is 0 Å². The van der Waals surface area contributed by atoms with E-state index in [1.165, 1.54) is 6.07 Å². The molecule has 0 amide bonds. The summed E-state index contributed by atoms with van der Waals surface area (Å²) in [7, 11) is 0. The summed E-state index contributed by atoms with van der Waals surface area (Å²) in [6.07, 6.45) is 7.50. The first kappa shape index (κ1) is 18.6. The van der Waals surface area contributed by atoms with E-state index < -0.39 is 0 Å². The molecular weight excluding hydrogens is 330 g/mol. The minimum Gasteiger partial charge on any atom is -0.398 e. The van der Waals surface area contributed by atoms with Crippen LogP contribution in [0.2, 0.25) is 0 Å². The molecule has 0 atom stereocenters. The number of ether oxygens (including phenoxy) is 1. The van der Waals surface area contributed by atoms with Gasteiger partial charge in [0.2, 0.25) is 5.95 Å². The number of nitrogens with two attached hydrogens (primary N) is 1. The molecule has 3 rings (SSSR count). The van der Waals surface area contributed by atoms with Gasteiger partial charge in [-0.3, -0.25) is 9.36 Å². The van der Waals surface area contributed by atoms with Crippen LogP contribution in [-0.4, -0.2) is 33.8 Å². The van der Waals surface area contributed by atoms with E-state index in [4.69, 9.17) is 15.5 Å². The molecule has 1 fully saturated rings. The summed E-state index contributed by atoms with van der Waals surface area (Å²) < 4.78 is 7.22. The summed E-state index contributed by atoms with van der Waals surface area (Å²) >= 11 is 0. The van der Waals surface area contributed by atoms with Crippen molar-refractivity contribution in [2.45, 2.75) is 64.5 Å². The summed E-state index contributed by atoms with van der Waals surface area (Å²) in [5.41, 5.74) is 7.06. The zero-order valence-electron chi connectivity index (χ0n) is 15.7. The zero-order valence-corrected chi connectivity index (χ0v) is 15.7. The number of hydrogen-bond acceptors (Lipinski definition) is 6. The standard InChI is InChI=1S/C19H29N5O2/c1-3-5-14(6-4-2)24-17(25)11-16(20)15-12-21-19(23-18(15)24)22-13-7-9-26-10-8-13/h11-14H,3-10,20H2,1-2H3,(H,21,22,23). The van der Waals surface area contributed by atoms with Gasteiger partial charge in [0, 0.05) is 43.2 Å². The van der Waals surface area contributed by atoms with Crippen LogP contribution in [0.1, 0.15) is 58.4 Å². The molecule has 142 valence electrons. The first-order chi connectivity index (χ1) is 12.6. The molecule has 0 radical (unpaired) electrons. The van der Waals surface area contributed by atoms with Crippen LogP contribution in [-0.2, 0) is 4.74 Å². The Hall–Kier alpha value is -2.15. The van der Waals surface area contributed by atoms with Crippen LogP contribution in [0.4, 0.5) is 11.6 Å². The normalized spacial score (nSPS) is 15.7. The van der Waals surface area contributed by atoms with Crippen molar-refractivity contribution in [1.82, 2.24) is 14.5 Å². The van der Waals surface area contributed by atoms with Crippen molar-refractivity contribution < 1.29 is 4.74 Å². The summed E-state index contributed by atoms with van der Waals surface area (Å²) in [5, 5.41) is 4.12. The van der Waals surface area contributed by atoms with Crippen LogP contribution in [0.25, 0.3) is 11.0 Å². The minimum absolute atomic E-state index is 0.0855. The lowest BCUT2D eigenvalue weighted by atomic mass is 10.1. The monoisotopic (exact) mass is 359 g/mol. The molecule has 0 aliphatic carbocycles. The largest absolute Gasteiger partial charge is 0.398 e. The van der Waals surface area contributed by atoms with Crippen molar-refractivity contribution in [2.24, 2.45) is 0 Å². The van der Waals surface area contributed by atoms with Crippen molar-refractivity contribution in [1.29, 1.82) is 0 Å². The van der Waals surface area contributed by atoms with Gasteiger partial charge >= 0.3 is 0 Å². The number of anilines is 2. The van der Waals surface area contributed by atoms with Crippen molar-refractivity contribution >= 4 is 22.7 Å². The Morgan fingerprint density at radius 1 is 1.31 bits per heavy atom. The highest BCUT2D eigenvalue weighted by atomic mass is 16.5. The van der Waals surface area contributed by atoms with Gasteiger partial charge in [0.15, 0.2) is 5.65 Å². The molecule has 0 bridgehead atoms. The second kappa shape index (κ2) is 8.49. The lowest BCUT2D eigenvalue weighted by molar-refractivity contribution is 0.0903. The third-order valence-corrected chi connectivity index (χ3v) is 4.99. The van der Waals surface area contributed by atoms with E-state index in [1.54, 1.807) is 6.20 Å². The second-order valence-corrected chi connectivity index (χ2v) is 7.00. The maximum absolute atomic E-state index is 12.7. The predicted octanol–water partition coefficient (Wildman–Crippen LogP) is 3.11. The van der Waals surface area contributed by atoms with E-state index in [1.807, 2.05) is 4.57 Å². The minimum atomic E-state index is -0.0855. The molecule has 0 spiro atoms. The zero-order chi connectivity index (χ0) is 18.5. The number of rotatable bonds is 7. The Morgan fingerprint density at radius 3 is 2.65 bits per heavy atom. The number of fused-ring (bicyclic) bond motifs is 1. The molecule has 1 saturated heterocycles. The average Bonchev–Trinajstić information content (AvgIpc) is 2.63. The fraction of sp³-hybridized carbons (Fsp3) is 0.632. The van der Waals surface area contributed by atoms with E-state index in [0.717, 1.165) is 57.1 Å². The summed E-state index contributed by atoms with van der Waals surface area (Å²) in [6.45, 7) is 5.77. The molecule has 26 heavy (non-hydrogen) atoms. The number of nitrogens with zero attached hydrogens (tertiary/aromatic N) is 3. The topological polar surface area (TPSA) is 95.1 Å². The van der Waals surface area contributed by atoms with Gasteiger partial charge in [0.05, 0.1) is 5.39 Å². The van der Waals surface area contributed by atoms with Crippen LogP contribution < -0.4 is 16.6 Å². The van der Waals surface area contributed by atoms with Gasteiger partial charge in [-0.1, -0.05) is 26.7 Å². The molecule has 0 saturated carbocycles. The van der Waals surface area contributed by atoms with Gasteiger partial charge in [-0.05, 0) is 25.7 Å². The van der Waals surface area contributed by atoms with Crippen LogP contribution >= 0.6 is 0 Å². The van der Waals surface area contributed by atoms with Crippen LogP contribution in [0, 0.1) is 0 Å². The highest BCUT2D eigenvalue weighted by Gasteiger charge is 2.19. The molecule has 2 aromatic rings. The first-order valence-corrected chi connectivity index (χ1v) is 9.66. The lowest BCUT2D eigenvalue weighted by Crippen LogP contribution is -2.29. The van der Waals surface area contributed by atoms with E-state index in [-0.39, 0.29) is 11.6 Å². The number of aromatic nitrogens is 3. The molecule has 1 aliphatic rings. The molecular formula is C19H29N5O2. The van der Waals surface area contributed by atoms with Gasteiger partial charge in [-0.15, -0.1) is 0 Å². The molecule has 2 aromatic heterocycles. The molecule has 0 unspecified atom stereocenters. The smallest absolute Gasteiger partial charge is 0.254 e. The number of nitrogens with one attached hydrogen (secondary N) is 1. The third kappa shape index (κ3) is 3.98. The first-order valence-electron chi connectivity index (χ1n) is 9.66. The Morgan fingerprint density at radius 2 is 2.00 bits per heavy atom. The van der Waals surface area contributed by atoms with Crippen molar-refractivity contribution in [3.63, 3.8) is 0 Å². The predicted molar refractivity (Wildman–Crippen MR) is 105 cm³/mol. The SMILES string of the molecule is CCCC(CCC)n1c(=O)cc(N)c2cnc(NC3CCOCC3)nc21. The van der Waals surface area contributed by atoms with Crippen LogP contribution in [0.3, 0.4) is 0 Å². The number of pyridine rings is 1. The van der Waals surface area contributed by atoms with Crippen molar-refractivity contribution in [3.05, 3.63) is 22.6 Å².